The number of nitrogens with two attached hydrogens (primary N) is 1. The van der Waals surface area contributed by atoms with E-state index in [1.165, 1.54) is 28.1 Å². The Morgan fingerprint density at radius 2 is 2.06 bits per heavy atom. The number of nitrogens with zero attached hydrogens (tertiary/aromatic N) is 1. The molecule has 0 radical (unpaired) electrons. The molecular formula is C14H16N2S. The maximum absolute atomic E-state index is 6.13. The molecule has 17 heavy (non-hydrogen) atoms. The Morgan fingerprint density at radius 3 is 2.76 bits per heavy atom. The number of fused-ring (bicyclic) bond motifs is 1. The molecular weight excluding hydrogens is 228 g/mol. The van der Waals surface area contributed by atoms with Crippen molar-refractivity contribution in [1.82, 2.24) is 4.98 Å². The van der Waals surface area contributed by atoms with Crippen LogP contribution in [0.15, 0.2) is 24.3 Å². The van der Waals surface area contributed by atoms with Crippen LogP contribution in [0.2, 0.25) is 0 Å². The van der Waals surface area contributed by atoms with Gasteiger partial charge in [-0.05, 0) is 26.2 Å². The molecule has 0 unspecified atom stereocenters. The zero-order valence-corrected chi connectivity index (χ0v) is 10.8. The van der Waals surface area contributed by atoms with Crippen LogP contribution in [0.4, 0.5) is 0 Å². The van der Waals surface area contributed by atoms with E-state index in [0.29, 0.717) is 0 Å². The Labute approximate surface area is 106 Å². The largest absolute Gasteiger partial charge is 0.323 e. The molecule has 3 rings (SSSR count). The summed E-state index contributed by atoms with van der Waals surface area (Å²) in [7, 11) is 0. The fourth-order valence-electron chi connectivity index (χ4n) is 2.27. The summed E-state index contributed by atoms with van der Waals surface area (Å²) >= 11 is 1.77. The van der Waals surface area contributed by atoms with Crippen LogP contribution >= 0.6 is 11.3 Å². The Kier molecular flexibility index (Phi) is 2.73. The summed E-state index contributed by atoms with van der Waals surface area (Å²) in [5.41, 5.74) is 9.85. The predicted octanol–water partition coefficient (Wildman–Crippen LogP) is 3.45. The molecule has 3 heteroatoms. The van der Waals surface area contributed by atoms with Gasteiger partial charge in [0.05, 0.1) is 5.69 Å². The van der Waals surface area contributed by atoms with Gasteiger partial charge in [-0.25, -0.2) is 4.98 Å². The molecule has 0 saturated heterocycles. The molecule has 0 aliphatic heterocycles. The van der Waals surface area contributed by atoms with Crippen molar-refractivity contribution < 1.29 is 0 Å². The lowest BCUT2D eigenvalue weighted by Crippen LogP contribution is -2.15. The lowest BCUT2D eigenvalue weighted by molar-refractivity contribution is 0.573. The van der Waals surface area contributed by atoms with Crippen molar-refractivity contribution in [3.63, 3.8) is 0 Å². The molecule has 1 heterocycles. The highest BCUT2D eigenvalue weighted by Gasteiger charge is 2.21. The first-order chi connectivity index (χ1) is 8.24. The molecule has 0 fully saturated rings. The highest BCUT2D eigenvalue weighted by Crippen LogP contribution is 2.36. The van der Waals surface area contributed by atoms with Crippen LogP contribution in [0.5, 0.6) is 0 Å². The van der Waals surface area contributed by atoms with Gasteiger partial charge in [0.25, 0.3) is 0 Å². The van der Waals surface area contributed by atoms with Crippen LogP contribution in [0.25, 0.3) is 10.6 Å². The van der Waals surface area contributed by atoms with E-state index >= 15 is 0 Å². The molecule has 1 aliphatic carbocycles. The SMILES string of the molecule is Cc1ccc(-c2nc3c(s2)[C@H](N)CCC3)cc1. The second-order valence-corrected chi connectivity index (χ2v) is 5.73. The Bertz CT molecular complexity index is 528. The number of rotatable bonds is 1. The molecule has 1 aromatic carbocycles. The van der Waals surface area contributed by atoms with E-state index in [2.05, 4.69) is 31.2 Å². The third-order valence-electron chi connectivity index (χ3n) is 3.29. The number of aryl methyl sites for hydroxylation is 2. The van der Waals surface area contributed by atoms with Gasteiger partial charge in [-0.15, -0.1) is 11.3 Å². The molecule has 1 atom stereocenters. The number of hydrogen-bond acceptors (Lipinski definition) is 3. The third kappa shape index (κ3) is 2.01. The fraction of sp³-hybridized carbons (Fsp3) is 0.357. The van der Waals surface area contributed by atoms with Gasteiger partial charge in [0.15, 0.2) is 0 Å². The van der Waals surface area contributed by atoms with Crippen LogP contribution in [0.1, 0.15) is 35.0 Å². The summed E-state index contributed by atoms with van der Waals surface area (Å²) in [6, 6.07) is 8.76. The van der Waals surface area contributed by atoms with Gasteiger partial charge in [-0.2, -0.15) is 0 Å². The van der Waals surface area contributed by atoms with Gasteiger partial charge in [0.1, 0.15) is 5.01 Å². The summed E-state index contributed by atoms with van der Waals surface area (Å²) in [6.45, 7) is 2.10. The minimum absolute atomic E-state index is 0.204. The van der Waals surface area contributed by atoms with Crippen molar-refractivity contribution in [3.8, 4) is 10.6 Å². The highest BCUT2D eigenvalue weighted by atomic mass is 32.1. The quantitative estimate of drug-likeness (QED) is 0.834. The second kappa shape index (κ2) is 4.24. The average molecular weight is 244 g/mol. The van der Waals surface area contributed by atoms with E-state index in [9.17, 15) is 0 Å². The molecule has 1 aliphatic rings. The smallest absolute Gasteiger partial charge is 0.123 e. The van der Waals surface area contributed by atoms with E-state index < -0.39 is 0 Å². The molecule has 1 aromatic heterocycles. The van der Waals surface area contributed by atoms with E-state index in [0.717, 1.165) is 17.8 Å². The normalized spacial score (nSPS) is 19.1. The highest BCUT2D eigenvalue weighted by molar-refractivity contribution is 7.15. The summed E-state index contributed by atoms with van der Waals surface area (Å²) in [5, 5.41) is 1.12. The molecule has 0 amide bonds. The van der Waals surface area contributed by atoms with E-state index in [4.69, 9.17) is 10.7 Å². The second-order valence-electron chi connectivity index (χ2n) is 4.69. The van der Waals surface area contributed by atoms with Gasteiger partial charge in [-0.3, -0.25) is 0 Å². The first kappa shape index (κ1) is 10.9. The summed E-state index contributed by atoms with van der Waals surface area (Å²) in [6.07, 6.45) is 3.36. The van der Waals surface area contributed by atoms with Crippen LogP contribution < -0.4 is 5.73 Å². The van der Waals surface area contributed by atoms with Crippen LogP contribution in [0, 0.1) is 6.92 Å². The number of benzene rings is 1. The van der Waals surface area contributed by atoms with Crippen molar-refractivity contribution in [2.45, 2.75) is 32.2 Å². The predicted molar refractivity (Wildman–Crippen MR) is 72.2 cm³/mol. The minimum atomic E-state index is 0.204. The molecule has 2 aromatic rings. The molecule has 88 valence electrons. The van der Waals surface area contributed by atoms with Crippen molar-refractivity contribution in [2.75, 3.05) is 0 Å². The zero-order chi connectivity index (χ0) is 11.8. The monoisotopic (exact) mass is 244 g/mol. The molecule has 0 spiro atoms. The summed E-state index contributed by atoms with van der Waals surface area (Å²) in [4.78, 5) is 6.04. The number of aromatic nitrogens is 1. The molecule has 0 saturated carbocycles. The Morgan fingerprint density at radius 1 is 1.29 bits per heavy atom. The third-order valence-corrected chi connectivity index (χ3v) is 4.57. The van der Waals surface area contributed by atoms with Crippen LogP contribution in [-0.2, 0) is 6.42 Å². The van der Waals surface area contributed by atoms with Gasteiger partial charge in [0, 0.05) is 16.5 Å². The van der Waals surface area contributed by atoms with Gasteiger partial charge in [-0.1, -0.05) is 29.8 Å². The van der Waals surface area contributed by atoms with E-state index in [1.54, 1.807) is 11.3 Å². The minimum Gasteiger partial charge on any atom is -0.323 e. The zero-order valence-electron chi connectivity index (χ0n) is 9.94. The first-order valence-corrected chi connectivity index (χ1v) is 6.88. The lowest BCUT2D eigenvalue weighted by atomic mass is 9.99. The fourth-order valence-corrected chi connectivity index (χ4v) is 3.43. The van der Waals surface area contributed by atoms with Crippen molar-refractivity contribution in [1.29, 1.82) is 0 Å². The average Bonchev–Trinajstić information content (AvgIpc) is 2.75. The summed E-state index contributed by atoms with van der Waals surface area (Å²) in [5.74, 6) is 0. The van der Waals surface area contributed by atoms with E-state index in [-0.39, 0.29) is 6.04 Å². The first-order valence-electron chi connectivity index (χ1n) is 6.06. The van der Waals surface area contributed by atoms with E-state index in [1.807, 2.05) is 0 Å². The Hall–Kier alpha value is -1.19. The summed E-state index contributed by atoms with van der Waals surface area (Å²) < 4.78 is 0. The standard InChI is InChI=1S/C14H16N2S/c1-9-5-7-10(8-6-9)14-16-12-4-2-3-11(15)13(12)17-14/h5-8,11H,2-4,15H2,1H3/t11-/m1/s1. The Balaban J connectivity index is 2.02. The lowest BCUT2D eigenvalue weighted by Gasteiger charge is -2.15. The van der Waals surface area contributed by atoms with Crippen LogP contribution in [0.3, 0.4) is 0 Å². The van der Waals surface area contributed by atoms with Gasteiger partial charge >= 0.3 is 0 Å². The van der Waals surface area contributed by atoms with Crippen molar-refractivity contribution in [3.05, 3.63) is 40.4 Å². The molecule has 2 N–H and O–H groups in total. The van der Waals surface area contributed by atoms with Crippen molar-refractivity contribution >= 4 is 11.3 Å². The van der Waals surface area contributed by atoms with Gasteiger partial charge in [0.2, 0.25) is 0 Å². The number of hydrogen-bond donors (Lipinski definition) is 1. The molecule has 0 bridgehead atoms. The number of thiazole rings is 1. The maximum Gasteiger partial charge on any atom is 0.123 e. The molecule has 2 nitrogen and oxygen atoms in total. The van der Waals surface area contributed by atoms with Crippen molar-refractivity contribution in [2.24, 2.45) is 5.73 Å². The maximum atomic E-state index is 6.13. The van der Waals surface area contributed by atoms with Gasteiger partial charge < -0.3 is 5.73 Å². The van der Waals surface area contributed by atoms with Crippen LogP contribution in [-0.4, -0.2) is 4.98 Å². The topological polar surface area (TPSA) is 38.9 Å².